The van der Waals surface area contributed by atoms with Crippen LogP contribution in [0.25, 0.3) is 0 Å². The third-order valence-electron chi connectivity index (χ3n) is 2.79. The maximum atomic E-state index is 11.6. The van der Waals surface area contributed by atoms with Crippen LogP contribution in [-0.4, -0.2) is 11.9 Å². The van der Waals surface area contributed by atoms with Gasteiger partial charge < -0.3 is 9.15 Å². The summed E-state index contributed by atoms with van der Waals surface area (Å²) in [4.78, 5) is 22.7. The summed E-state index contributed by atoms with van der Waals surface area (Å²) in [6.45, 7) is 5.29. The number of carbonyl (C=O) groups excluding carboxylic acids is 2. The molecule has 2 heterocycles. The molecule has 1 aromatic rings. The minimum atomic E-state index is -0.876. The van der Waals surface area contributed by atoms with Crippen molar-refractivity contribution < 1.29 is 18.7 Å². The Morgan fingerprint density at radius 3 is 2.40 bits per heavy atom. The Balaban J connectivity index is 2.50. The van der Waals surface area contributed by atoms with Crippen LogP contribution >= 0.6 is 0 Å². The molecule has 0 aliphatic carbocycles. The van der Waals surface area contributed by atoms with Gasteiger partial charge in [0.25, 0.3) is 0 Å². The van der Waals surface area contributed by atoms with Gasteiger partial charge in [0.1, 0.15) is 16.9 Å². The third kappa shape index (κ3) is 1.37. The molecular formula is C11H12O4. The second-order valence-corrected chi connectivity index (χ2v) is 4.10. The molecule has 1 atom stereocenters. The molecule has 0 N–H and O–H groups in total. The molecule has 0 bridgehead atoms. The Labute approximate surface area is 87.2 Å². The molecule has 4 nitrogen and oxygen atoms in total. The largest absolute Gasteiger partial charge is 0.466 e. The zero-order chi connectivity index (χ0) is 11.2. The molecule has 0 amide bonds. The fourth-order valence-corrected chi connectivity index (χ4v) is 2.00. The first-order valence-electron chi connectivity index (χ1n) is 4.76. The maximum absolute atomic E-state index is 11.6. The number of hydrogen-bond donors (Lipinski definition) is 0. The van der Waals surface area contributed by atoms with Crippen molar-refractivity contribution >= 4 is 11.9 Å². The quantitative estimate of drug-likeness (QED) is 0.520. The van der Waals surface area contributed by atoms with Gasteiger partial charge in [-0.2, -0.15) is 0 Å². The van der Waals surface area contributed by atoms with Gasteiger partial charge in [0.2, 0.25) is 0 Å². The van der Waals surface area contributed by atoms with Crippen LogP contribution in [0.2, 0.25) is 0 Å². The molecule has 1 saturated heterocycles. The molecule has 0 saturated carbocycles. The van der Waals surface area contributed by atoms with Gasteiger partial charge in [-0.1, -0.05) is 0 Å². The number of rotatable bonds is 1. The molecule has 15 heavy (non-hydrogen) atoms. The molecule has 0 aromatic carbocycles. The first-order chi connectivity index (χ1) is 6.93. The van der Waals surface area contributed by atoms with Crippen molar-refractivity contribution in [2.24, 2.45) is 0 Å². The highest BCUT2D eigenvalue weighted by Gasteiger charge is 2.48. The minimum Gasteiger partial charge on any atom is -0.466 e. The molecule has 1 unspecified atom stereocenters. The normalized spacial score (nSPS) is 25.8. The van der Waals surface area contributed by atoms with E-state index in [1.165, 1.54) is 0 Å². The molecule has 4 heteroatoms. The lowest BCUT2D eigenvalue weighted by Gasteiger charge is -2.16. The smallest absolute Gasteiger partial charge is 0.324 e. The Morgan fingerprint density at radius 1 is 1.33 bits per heavy atom. The lowest BCUT2D eigenvalue weighted by molar-refractivity contribution is -0.153. The number of aryl methyl sites for hydroxylation is 2. The van der Waals surface area contributed by atoms with E-state index >= 15 is 0 Å². The second kappa shape index (κ2) is 2.95. The van der Waals surface area contributed by atoms with Crippen LogP contribution in [-0.2, 0) is 19.7 Å². The van der Waals surface area contributed by atoms with E-state index < -0.39 is 17.4 Å². The molecule has 1 aromatic heterocycles. The Kier molecular flexibility index (Phi) is 1.96. The van der Waals surface area contributed by atoms with E-state index in [1.807, 2.05) is 6.92 Å². The molecule has 2 rings (SSSR count). The van der Waals surface area contributed by atoms with E-state index in [0.29, 0.717) is 5.76 Å². The highest BCUT2D eigenvalue weighted by Crippen LogP contribution is 2.37. The average molecular weight is 208 g/mol. The van der Waals surface area contributed by atoms with E-state index in [-0.39, 0.29) is 6.42 Å². The third-order valence-corrected chi connectivity index (χ3v) is 2.79. The predicted molar refractivity (Wildman–Crippen MR) is 51.3 cm³/mol. The summed E-state index contributed by atoms with van der Waals surface area (Å²) >= 11 is 0. The van der Waals surface area contributed by atoms with Crippen LogP contribution in [0.4, 0.5) is 0 Å². The monoisotopic (exact) mass is 208 g/mol. The highest BCUT2D eigenvalue weighted by atomic mass is 16.6. The second-order valence-electron chi connectivity index (χ2n) is 4.10. The van der Waals surface area contributed by atoms with Gasteiger partial charge in [0, 0.05) is 5.56 Å². The van der Waals surface area contributed by atoms with Crippen LogP contribution < -0.4 is 0 Å². The Bertz CT molecular complexity index is 443. The van der Waals surface area contributed by atoms with Crippen LogP contribution in [0.5, 0.6) is 0 Å². The molecule has 1 aliphatic rings. The summed E-state index contributed by atoms with van der Waals surface area (Å²) in [7, 11) is 0. The van der Waals surface area contributed by atoms with Crippen LogP contribution in [0, 0.1) is 13.8 Å². The van der Waals surface area contributed by atoms with Crippen molar-refractivity contribution in [2.75, 3.05) is 0 Å². The fraction of sp³-hybridized carbons (Fsp3) is 0.455. The van der Waals surface area contributed by atoms with Crippen molar-refractivity contribution in [3.05, 3.63) is 23.2 Å². The van der Waals surface area contributed by atoms with E-state index in [1.54, 1.807) is 19.9 Å². The average Bonchev–Trinajstić information content (AvgIpc) is 2.55. The van der Waals surface area contributed by atoms with E-state index in [0.717, 1.165) is 11.3 Å². The summed E-state index contributed by atoms with van der Waals surface area (Å²) < 4.78 is 9.93. The minimum absolute atomic E-state index is 0.0889. The van der Waals surface area contributed by atoms with Gasteiger partial charge in [-0.25, -0.2) is 0 Å². The van der Waals surface area contributed by atoms with Crippen molar-refractivity contribution in [1.82, 2.24) is 0 Å². The van der Waals surface area contributed by atoms with Crippen molar-refractivity contribution in [2.45, 2.75) is 32.6 Å². The molecule has 80 valence electrons. The van der Waals surface area contributed by atoms with Gasteiger partial charge in [-0.05, 0) is 26.8 Å². The SMILES string of the molecule is Cc1cc(C2(C)CC(=O)OC2=O)c(C)o1. The van der Waals surface area contributed by atoms with Gasteiger partial charge >= 0.3 is 11.9 Å². The summed E-state index contributed by atoms with van der Waals surface area (Å²) in [5.74, 6) is 0.440. The molecule has 1 fully saturated rings. The highest BCUT2D eigenvalue weighted by molar-refractivity contribution is 6.01. The first kappa shape index (κ1) is 9.96. The number of esters is 2. The standard InChI is InChI=1S/C11H12O4/c1-6-4-8(7(2)14-6)11(3)5-9(12)15-10(11)13/h4H,5H2,1-3H3. The van der Waals surface area contributed by atoms with Crippen LogP contribution in [0.15, 0.2) is 10.5 Å². The van der Waals surface area contributed by atoms with Gasteiger partial charge in [-0.3, -0.25) is 9.59 Å². The summed E-state index contributed by atoms with van der Waals surface area (Å²) in [6, 6.07) is 1.79. The zero-order valence-corrected chi connectivity index (χ0v) is 8.92. The van der Waals surface area contributed by atoms with Gasteiger partial charge in [0.05, 0.1) is 6.42 Å². The number of hydrogen-bond acceptors (Lipinski definition) is 4. The number of ether oxygens (including phenoxy) is 1. The fourth-order valence-electron chi connectivity index (χ4n) is 2.00. The van der Waals surface area contributed by atoms with E-state index in [4.69, 9.17) is 4.42 Å². The number of furan rings is 1. The Hall–Kier alpha value is -1.58. The maximum Gasteiger partial charge on any atom is 0.324 e. The topological polar surface area (TPSA) is 56.5 Å². The summed E-state index contributed by atoms with van der Waals surface area (Å²) in [5.41, 5.74) is -0.130. The van der Waals surface area contributed by atoms with Gasteiger partial charge in [0.15, 0.2) is 0 Å². The van der Waals surface area contributed by atoms with Gasteiger partial charge in [-0.15, -0.1) is 0 Å². The van der Waals surface area contributed by atoms with Crippen LogP contribution in [0.3, 0.4) is 0 Å². The van der Waals surface area contributed by atoms with E-state index in [9.17, 15) is 9.59 Å². The number of carbonyl (C=O) groups is 2. The van der Waals surface area contributed by atoms with Crippen molar-refractivity contribution in [3.63, 3.8) is 0 Å². The Morgan fingerprint density at radius 2 is 2.00 bits per heavy atom. The van der Waals surface area contributed by atoms with Crippen LogP contribution in [0.1, 0.15) is 30.4 Å². The van der Waals surface area contributed by atoms with E-state index in [2.05, 4.69) is 4.74 Å². The molecule has 0 radical (unpaired) electrons. The lowest BCUT2D eigenvalue weighted by atomic mass is 9.81. The van der Waals surface area contributed by atoms with Crippen molar-refractivity contribution in [3.8, 4) is 0 Å². The number of cyclic esters (lactones) is 2. The molecule has 0 spiro atoms. The predicted octanol–water partition coefficient (Wildman–Crippen LogP) is 1.63. The molecule has 1 aliphatic heterocycles. The van der Waals surface area contributed by atoms with Crippen molar-refractivity contribution in [1.29, 1.82) is 0 Å². The zero-order valence-electron chi connectivity index (χ0n) is 8.92. The molecular weight excluding hydrogens is 196 g/mol. The summed E-state index contributed by atoms with van der Waals surface area (Å²) in [6.07, 6.45) is 0.0889. The first-order valence-corrected chi connectivity index (χ1v) is 4.76. The summed E-state index contributed by atoms with van der Waals surface area (Å²) in [5, 5.41) is 0. The lowest BCUT2D eigenvalue weighted by Crippen LogP contribution is -2.27.